The van der Waals surface area contributed by atoms with Gasteiger partial charge in [0.15, 0.2) is 5.78 Å². The van der Waals surface area contributed by atoms with Crippen molar-refractivity contribution >= 4 is 5.78 Å². The number of carbonyl (C=O) groups excluding carboxylic acids is 1. The summed E-state index contributed by atoms with van der Waals surface area (Å²) in [6.45, 7) is 3.81. The third kappa shape index (κ3) is 2.56. The third-order valence-electron chi connectivity index (χ3n) is 3.34. The van der Waals surface area contributed by atoms with Crippen LogP contribution < -0.4 is 0 Å². The molecule has 2 nitrogen and oxygen atoms in total. The Morgan fingerprint density at radius 1 is 1.00 bits per heavy atom. The molecule has 2 rings (SSSR count). The second-order valence-corrected chi connectivity index (χ2v) is 5.01. The summed E-state index contributed by atoms with van der Waals surface area (Å²) in [7, 11) is 0. The van der Waals surface area contributed by atoms with Crippen LogP contribution >= 0.6 is 0 Å². The maximum Gasteiger partial charge on any atom is 0.172 e. The zero-order valence-corrected chi connectivity index (χ0v) is 11.1. The highest BCUT2D eigenvalue weighted by Crippen LogP contribution is 2.27. The molecule has 0 aliphatic rings. The molecule has 2 aromatic rings. The van der Waals surface area contributed by atoms with Gasteiger partial charge in [-0.3, -0.25) is 4.79 Å². The van der Waals surface area contributed by atoms with Crippen LogP contribution in [0.4, 0.5) is 0 Å². The predicted molar refractivity (Wildman–Crippen MR) is 75.0 cm³/mol. The average molecular weight is 249 g/mol. The second-order valence-electron chi connectivity index (χ2n) is 5.01. The van der Waals surface area contributed by atoms with Gasteiger partial charge in [-0.25, -0.2) is 0 Å². The molecule has 0 spiro atoms. The van der Waals surface area contributed by atoms with Gasteiger partial charge in [-0.15, -0.1) is 0 Å². The van der Waals surface area contributed by atoms with Crippen LogP contribution in [0.1, 0.15) is 35.3 Å². The van der Waals surface area contributed by atoms with Crippen LogP contribution in [0, 0.1) is 11.3 Å². The number of nitriles is 1. The fraction of sp³-hybridized carbons (Fsp3) is 0.176. The first-order chi connectivity index (χ1) is 9.05. The average Bonchev–Trinajstić information content (AvgIpc) is 2.47. The van der Waals surface area contributed by atoms with E-state index in [1.54, 1.807) is 12.1 Å². The Balaban J connectivity index is 2.36. The quantitative estimate of drug-likeness (QED) is 0.778. The fourth-order valence-corrected chi connectivity index (χ4v) is 2.04. The molecule has 0 aliphatic carbocycles. The minimum absolute atomic E-state index is 0.0813. The molecule has 0 atom stereocenters. The first-order valence-corrected chi connectivity index (χ1v) is 6.16. The summed E-state index contributed by atoms with van der Waals surface area (Å²) in [6.07, 6.45) is 0. The molecule has 0 saturated heterocycles. The molecule has 0 bridgehead atoms. The van der Waals surface area contributed by atoms with Crippen LogP contribution in [0.2, 0.25) is 0 Å². The van der Waals surface area contributed by atoms with Crippen molar-refractivity contribution in [3.8, 4) is 6.07 Å². The first-order valence-electron chi connectivity index (χ1n) is 6.16. The van der Waals surface area contributed by atoms with Crippen molar-refractivity contribution in [2.45, 2.75) is 19.3 Å². The van der Waals surface area contributed by atoms with Gasteiger partial charge in [-0.05, 0) is 31.5 Å². The van der Waals surface area contributed by atoms with Gasteiger partial charge in [0.2, 0.25) is 0 Å². The summed E-state index contributed by atoms with van der Waals surface area (Å²) < 4.78 is 0. The number of benzene rings is 2. The molecule has 0 amide bonds. The summed E-state index contributed by atoms with van der Waals surface area (Å²) in [6, 6.07) is 18.5. The zero-order chi connectivity index (χ0) is 13.9. The molecule has 0 fully saturated rings. The predicted octanol–water partition coefficient (Wildman–Crippen LogP) is 3.72. The van der Waals surface area contributed by atoms with Gasteiger partial charge >= 0.3 is 0 Å². The zero-order valence-electron chi connectivity index (χ0n) is 11.1. The van der Waals surface area contributed by atoms with E-state index in [9.17, 15) is 4.79 Å². The summed E-state index contributed by atoms with van der Waals surface area (Å²) in [5.41, 5.74) is 1.62. The minimum Gasteiger partial charge on any atom is -0.293 e. The highest BCUT2D eigenvalue weighted by molar-refractivity contribution is 6.03. The molecule has 19 heavy (non-hydrogen) atoms. The fourth-order valence-electron chi connectivity index (χ4n) is 2.04. The number of hydrogen-bond acceptors (Lipinski definition) is 2. The smallest absolute Gasteiger partial charge is 0.172 e. The molecule has 0 saturated carbocycles. The SMILES string of the molecule is CC(C)(C(=O)c1ccccc1)c1ccc(C#N)cc1. The summed E-state index contributed by atoms with van der Waals surface area (Å²) in [5.74, 6) is 0.0813. The van der Waals surface area contributed by atoms with Crippen LogP contribution in [0.5, 0.6) is 0 Å². The number of hydrogen-bond donors (Lipinski definition) is 0. The van der Waals surface area contributed by atoms with Gasteiger partial charge in [0.25, 0.3) is 0 Å². The minimum atomic E-state index is -0.602. The number of Topliss-reactive ketones (excluding diaryl/α,β-unsaturated/α-hetero) is 1. The molecule has 94 valence electrons. The van der Waals surface area contributed by atoms with Gasteiger partial charge in [-0.2, -0.15) is 5.26 Å². The van der Waals surface area contributed by atoms with E-state index < -0.39 is 5.41 Å². The molecule has 0 radical (unpaired) electrons. The number of ketones is 1. The first kappa shape index (κ1) is 13.0. The van der Waals surface area contributed by atoms with E-state index in [0.29, 0.717) is 11.1 Å². The standard InChI is InChI=1S/C17H15NO/c1-17(2,15-10-8-13(12-18)9-11-15)16(19)14-6-4-3-5-7-14/h3-11H,1-2H3. The van der Waals surface area contributed by atoms with E-state index in [4.69, 9.17) is 5.26 Å². The van der Waals surface area contributed by atoms with Gasteiger partial charge in [0, 0.05) is 5.56 Å². The Labute approximate surface area is 113 Å². The Morgan fingerprint density at radius 3 is 2.11 bits per heavy atom. The highest BCUT2D eigenvalue weighted by atomic mass is 16.1. The van der Waals surface area contributed by atoms with Gasteiger partial charge in [-0.1, -0.05) is 42.5 Å². The van der Waals surface area contributed by atoms with Crippen LogP contribution in [0.3, 0.4) is 0 Å². The van der Waals surface area contributed by atoms with E-state index in [1.165, 1.54) is 0 Å². The molecule has 2 aromatic carbocycles. The number of nitrogens with zero attached hydrogens (tertiary/aromatic N) is 1. The van der Waals surface area contributed by atoms with Crippen molar-refractivity contribution in [3.05, 3.63) is 71.3 Å². The van der Waals surface area contributed by atoms with Crippen molar-refractivity contribution in [1.29, 1.82) is 5.26 Å². The molecule has 0 aliphatic heterocycles. The van der Waals surface area contributed by atoms with Gasteiger partial charge in [0.1, 0.15) is 0 Å². The molecule has 0 aromatic heterocycles. The lowest BCUT2D eigenvalue weighted by Crippen LogP contribution is -2.29. The van der Waals surface area contributed by atoms with Crippen LogP contribution in [-0.2, 0) is 5.41 Å². The van der Waals surface area contributed by atoms with Crippen LogP contribution in [0.15, 0.2) is 54.6 Å². The molecule has 0 heterocycles. The van der Waals surface area contributed by atoms with Crippen molar-refractivity contribution < 1.29 is 4.79 Å². The Hall–Kier alpha value is -2.40. The topological polar surface area (TPSA) is 40.9 Å². The van der Waals surface area contributed by atoms with E-state index in [0.717, 1.165) is 5.56 Å². The van der Waals surface area contributed by atoms with Crippen molar-refractivity contribution in [1.82, 2.24) is 0 Å². The molecule has 2 heteroatoms. The van der Waals surface area contributed by atoms with E-state index >= 15 is 0 Å². The highest BCUT2D eigenvalue weighted by Gasteiger charge is 2.30. The lowest BCUT2D eigenvalue weighted by atomic mass is 9.78. The normalized spacial score (nSPS) is 10.8. The van der Waals surface area contributed by atoms with Crippen molar-refractivity contribution in [2.75, 3.05) is 0 Å². The van der Waals surface area contributed by atoms with Crippen LogP contribution in [0.25, 0.3) is 0 Å². The Bertz CT molecular complexity index is 619. The Kier molecular flexibility index (Phi) is 3.48. The summed E-state index contributed by atoms with van der Waals surface area (Å²) in [4.78, 5) is 12.6. The number of carbonyl (C=O) groups is 1. The van der Waals surface area contributed by atoms with Crippen LogP contribution in [-0.4, -0.2) is 5.78 Å². The van der Waals surface area contributed by atoms with Crippen molar-refractivity contribution in [3.63, 3.8) is 0 Å². The van der Waals surface area contributed by atoms with E-state index in [1.807, 2.05) is 56.3 Å². The van der Waals surface area contributed by atoms with Crippen molar-refractivity contribution in [2.24, 2.45) is 0 Å². The molecular formula is C17H15NO. The number of rotatable bonds is 3. The Morgan fingerprint density at radius 2 is 1.58 bits per heavy atom. The second kappa shape index (κ2) is 5.07. The largest absolute Gasteiger partial charge is 0.293 e. The maximum atomic E-state index is 12.6. The van der Waals surface area contributed by atoms with E-state index in [-0.39, 0.29) is 5.78 Å². The van der Waals surface area contributed by atoms with E-state index in [2.05, 4.69) is 6.07 Å². The molecule has 0 N–H and O–H groups in total. The summed E-state index contributed by atoms with van der Waals surface area (Å²) in [5, 5.41) is 8.80. The molecular weight excluding hydrogens is 234 g/mol. The third-order valence-corrected chi connectivity index (χ3v) is 3.34. The van der Waals surface area contributed by atoms with Gasteiger partial charge < -0.3 is 0 Å². The maximum absolute atomic E-state index is 12.6. The summed E-state index contributed by atoms with van der Waals surface area (Å²) >= 11 is 0. The monoisotopic (exact) mass is 249 g/mol. The lowest BCUT2D eigenvalue weighted by Gasteiger charge is -2.23. The molecule has 0 unspecified atom stereocenters. The lowest BCUT2D eigenvalue weighted by molar-refractivity contribution is 0.0909. The van der Waals surface area contributed by atoms with Gasteiger partial charge in [0.05, 0.1) is 17.0 Å².